The number of sulfonamides is 1. The number of amides is 1. The number of carbonyl (C=O) groups excluding carboxylic acids is 1. The molecule has 8 nitrogen and oxygen atoms in total. The molecule has 0 bridgehead atoms. The van der Waals surface area contributed by atoms with Gasteiger partial charge in [-0.15, -0.1) is 0 Å². The molecule has 0 atom stereocenters. The summed E-state index contributed by atoms with van der Waals surface area (Å²) in [5.41, 5.74) is 2.56. The molecule has 1 N–H and O–H groups in total. The Labute approximate surface area is 216 Å². The molecule has 1 fully saturated rings. The van der Waals surface area contributed by atoms with E-state index in [9.17, 15) is 13.2 Å². The van der Waals surface area contributed by atoms with Crippen molar-refractivity contribution in [3.05, 3.63) is 84.7 Å². The van der Waals surface area contributed by atoms with Crippen LogP contribution in [0.1, 0.15) is 25.6 Å². The highest BCUT2D eigenvalue weighted by molar-refractivity contribution is 7.89. The zero-order chi connectivity index (χ0) is 25.8. The lowest BCUT2D eigenvalue weighted by molar-refractivity contribution is -0.114. The number of ether oxygens (including phenoxy) is 1. The van der Waals surface area contributed by atoms with Gasteiger partial charge in [-0.3, -0.25) is 4.79 Å². The van der Waals surface area contributed by atoms with E-state index in [4.69, 9.17) is 9.72 Å². The molecule has 1 aliphatic heterocycles. The predicted molar refractivity (Wildman–Crippen MR) is 143 cm³/mol. The Bertz CT molecular complexity index is 1480. The van der Waals surface area contributed by atoms with Crippen LogP contribution in [0.2, 0.25) is 0 Å². The van der Waals surface area contributed by atoms with Gasteiger partial charge in [-0.2, -0.15) is 4.31 Å². The maximum Gasteiger partial charge on any atom is 0.243 e. The summed E-state index contributed by atoms with van der Waals surface area (Å²) < 4.78 is 36.2. The number of rotatable bonds is 8. The second-order valence-corrected chi connectivity index (χ2v) is 11.2. The van der Waals surface area contributed by atoms with Crippen LogP contribution in [0.5, 0.6) is 5.75 Å². The van der Waals surface area contributed by atoms with E-state index in [-0.39, 0.29) is 10.8 Å². The number of aromatic nitrogens is 2. The van der Waals surface area contributed by atoms with Gasteiger partial charge in [-0.1, -0.05) is 30.3 Å². The first-order chi connectivity index (χ1) is 17.9. The number of carbonyl (C=O) groups is 1. The smallest absolute Gasteiger partial charge is 0.243 e. The Hall–Kier alpha value is -3.69. The maximum absolute atomic E-state index is 13.2. The van der Waals surface area contributed by atoms with Crippen LogP contribution in [0.4, 0.5) is 5.69 Å². The number of nitrogens with zero attached hydrogens (tertiary/aromatic N) is 3. The van der Waals surface area contributed by atoms with Gasteiger partial charge in [-0.05, 0) is 67.3 Å². The van der Waals surface area contributed by atoms with Gasteiger partial charge in [0.05, 0.1) is 15.9 Å². The minimum absolute atomic E-state index is 0.196. The summed E-state index contributed by atoms with van der Waals surface area (Å²) in [5.74, 6) is 1.78. The van der Waals surface area contributed by atoms with Gasteiger partial charge in [0.25, 0.3) is 0 Å². The highest BCUT2D eigenvalue weighted by Gasteiger charge is 2.30. The summed E-state index contributed by atoms with van der Waals surface area (Å²) in [6.45, 7) is 3.46. The van der Waals surface area contributed by atoms with Crippen molar-refractivity contribution in [1.82, 2.24) is 13.9 Å². The van der Waals surface area contributed by atoms with Crippen LogP contribution in [0, 0.1) is 5.92 Å². The number of anilines is 1. The standard InChI is InChI=1S/C28H30N4O4S/c1-21(33)29-23-11-13-25(14-12-23)37(34,35)31-17-15-22(16-18-31)19-32-27-10-6-5-9-26(27)30-28(32)20-36-24-7-3-2-4-8-24/h2-14,22H,15-20H2,1H3,(H,29,33). The minimum Gasteiger partial charge on any atom is -0.486 e. The molecule has 3 aromatic carbocycles. The van der Waals surface area contributed by atoms with Crippen molar-refractivity contribution >= 4 is 32.7 Å². The van der Waals surface area contributed by atoms with Crippen molar-refractivity contribution in [3.63, 3.8) is 0 Å². The van der Waals surface area contributed by atoms with Crippen LogP contribution in [0.15, 0.2) is 83.8 Å². The Morgan fingerprint density at radius 1 is 0.973 bits per heavy atom. The molecule has 1 saturated heterocycles. The molecule has 2 heterocycles. The summed E-state index contributed by atoms with van der Waals surface area (Å²) in [7, 11) is -3.59. The van der Waals surface area contributed by atoms with E-state index >= 15 is 0 Å². The molecule has 0 radical (unpaired) electrons. The first kappa shape index (κ1) is 25.0. The fraction of sp³-hybridized carbons (Fsp3) is 0.286. The zero-order valence-corrected chi connectivity index (χ0v) is 21.5. The topological polar surface area (TPSA) is 93.5 Å². The monoisotopic (exact) mass is 518 g/mol. The molecule has 1 amide bonds. The molecule has 0 saturated carbocycles. The van der Waals surface area contributed by atoms with Crippen LogP contribution in [0.25, 0.3) is 11.0 Å². The van der Waals surface area contributed by atoms with Crippen LogP contribution < -0.4 is 10.1 Å². The summed E-state index contributed by atoms with van der Waals surface area (Å²) >= 11 is 0. The molecule has 192 valence electrons. The van der Waals surface area contributed by atoms with E-state index in [1.807, 2.05) is 48.5 Å². The third-order valence-electron chi connectivity index (χ3n) is 6.67. The maximum atomic E-state index is 13.2. The molecule has 5 rings (SSSR count). The zero-order valence-electron chi connectivity index (χ0n) is 20.7. The molecule has 0 unspecified atom stereocenters. The highest BCUT2D eigenvalue weighted by Crippen LogP contribution is 2.28. The second-order valence-electron chi connectivity index (χ2n) is 9.28. The van der Waals surface area contributed by atoms with Crippen molar-refractivity contribution in [3.8, 4) is 5.75 Å². The second kappa shape index (κ2) is 10.7. The third-order valence-corrected chi connectivity index (χ3v) is 8.58. The molecular weight excluding hydrogens is 488 g/mol. The number of fused-ring (bicyclic) bond motifs is 1. The molecule has 1 aromatic heterocycles. The molecular formula is C28H30N4O4S. The molecule has 4 aromatic rings. The normalized spacial score (nSPS) is 15.1. The van der Waals surface area contributed by atoms with Crippen LogP contribution in [-0.4, -0.2) is 41.3 Å². The average molecular weight is 519 g/mol. The van der Waals surface area contributed by atoms with Gasteiger partial charge in [0.1, 0.15) is 18.2 Å². The SMILES string of the molecule is CC(=O)Nc1ccc(S(=O)(=O)N2CCC(Cn3c(COc4ccccc4)nc4ccccc43)CC2)cc1. The van der Waals surface area contributed by atoms with E-state index in [1.54, 1.807) is 28.6 Å². The average Bonchev–Trinajstić information content (AvgIpc) is 3.25. The van der Waals surface area contributed by atoms with E-state index in [0.717, 1.165) is 42.0 Å². The van der Waals surface area contributed by atoms with Crippen molar-refractivity contribution in [2.75, 3.05) is 18.4 Å². The third kappa shape index (κ3) is 5.68. The van der Waals surface area contributed by atoms with Crippen molar-refractivity contribution < 1.29 is 17.9 Å². The summed E-state index contributed by atoms with van der Waals surface area (Å²) in [5, 5.41) is 2.66. The molecule has 37 heavy (non-hydrogen) atoms. The van der Waals surface area contributed by atoms with Gasteiger partial charge in [0.15, 0.2) is 0 Å². The van der Waals surface area contributed by atoms with Crippen LogP contribution >= 0.6 is 0 Å². The summed E-state index contributed by atoms with van der Waals surface area (Å²) in [6.07, 6.45) is 1.52. The Kier molecular flexibility index (Phi) is 7.25. The molecule has 9 heteroatoms. The summed E-state index contributed by atoms with van der Waals surface area (Å²) in [6, 6.07) is 24.1. The van der Waals surface area contributed by atoms with E-state index in [1.165, 1.54) is 6.92 Å². The fourth-order valence-electron chi connectivity index (χ4n) is 4.76. The minimum atomic E-state index is -3.59. The molecule has 0 aliphatic carbocycles. The van der Waals surface area contributed by atoms with Gasteiger partial charge >= 0.3 is 0 Å². The van der Waals surface area contributed by atoms with Crippen LogP contribution in [0.3, 0.4) is 0 Å². The Balaban J connectivity index is 1.26. The van der Waals surface area contributed by atoms with Gasteiger partial charge in [0, 0.05) is 32.2 Å². The predicted octanol–water partition coefficient (Wildman–Crippen LogP) is 4.67. The van der Waals surface area contributed by atoms with Gasteiger partial charge in [0.2, 0.25) is 15.9 Å². The van der Waals surface area contributed by atoms with Crippen molar-refractivity contribution in [1.29, 1.82) is 0 Å². The van der Waals surface area contributed by atoms with E-state index in [0.29, 0.717) is 31.3 Å². The van der Waals surface area contributed by atoms with Gasteiger partial charge < -0.3 is 14.6 Å². The number of hydrogen-bond acceptors (Lipinski definition) is 5. The highest BCUT2D eigenvalue weighted by atomic mass is 32.2. The number of benzene rings is 3. The van der Waals surface area contributed by atoms with E-state index in [2.05, 4.69) is 16.0 Å². The van der Waals surface area contributed by atoms with Crippen molar-refractivity contribution in [2.45, 2.75) is 37.8 Å². The largest absolute Gasteiger partial charge is 0.486 e. The number of hydrogen-bond donors (Lipinski definition) is 1. The lowest BCUT2D eigenvalue weighted by Crippen LogP contribution is -2.39. The fourth-order valence-corrected chi connectivity index (χ4v) is 6.23. The van der Waals surface area contributed by atoms with Gasteiger partial charge in [-0.25, -0.2) is 13.4 Å². The van der Waals surface area contributed by atoms with Crippen LogP contribution in [-0.2, 0) is 28.0 Å². The Morgan fingerprint density at radius 2 is 1.65 bits per heavy atom. The summed E-state index contributed by atoms with van der Waals surface area (Å²) in [4.78, 5) is 16.3. The first-order valence-corrected chi connectivity index (χ1v) is 13.8. The lowest BCUT2D eigenvalue weighted by atomic mass is 9.98. The first-order valence-electron chi connectivity index (χ1n) is 12.4. The Morgan fingerprint density at radius 3 is 2.35 bits per heavy atom. The quantitative estimate of drug-likeness (QED) is 0.366. The number of imidazole rings is 1. The number of para-hydroxylation sites is 3. The van der Waals surface area contributed by atoms with E-state index < -0.39 is 10.0 Å². The number of nitrogens with one attached hydrogen (secondary N) is 1. The molecule has 1 aliphatic rings. The lowest BCUT2D eigenvalue weighted by Gasteiger charge is -2.31. The molecule has 0 spiro atoms. The number of piperidine rings is 1. The van der Waals surface area contributed by atoms with Crippen molar-refractivity contribution in [2.24, 2.45) is 5.92 Å².